The van der Waals surface area contributed by atoms with Gasteiger partial charge in [-0.3, -0.25) is 4.79 Å². The van der Waals surface area contributed by atoms with E-state index in [4.69, 9.17) is 5.73 Å². The largest absolute Gasteiger partial charge is 0.383 e. The fourth-order valence-corrected chi connectivity index (χ4v) is 4.41. The predicted octanol–water partition coefficient (Wildman–Crippen LogP) is 2.92. The summed E-state index contributed by atoms with van der Waals surface area (Å²) in [5, 5.41) is 3.98. The van der Waals surface area contributed by atoms with Crippen LogP contribution >= 0.6 is 15.9 Å². The number of hydrogen-bond acceptors (Lipinski definition) is 7. The average molecular weight is 473 g/mol. The third kappa shape index (κ3) is 3.84. The van der Waals surface area contributed by atoms with Gasteiger partial charge in [0, 0.05) is 19.1 Å². The number of nitrogens with two attached hydrogens (primary N) is 1. The number of halogens is 1. The molecule has 1 amide bonds. The van der Waals surface area contributed by atoms with Gasteiger partial charge >= 0.3 is 0 Å². The summed E-state index contributed by atoms with van der Waals surface area (Å²) in [6, 6.07) is 2.41. The van der Waals surface area contributed by atoms with E-state index >= 15 is 0 Å². The number of nitrogen functional groups attached to an aromatic ring is 1. The Bertz CT molecular complexity index is 1090. The number of carbonyl (C=O) groups is 1. The number of aromatic nitrogens is 4. The minimum atomic E-state index is -0.0342. The second-order valence-electron chi connectivity index (χ2n) is 7.80. The maximum atomic E-state index is 13.2. The number of H-pyrrole nitrogens is 1. The Balaban J connectivity index is 1.62. The molecule has 3 aromatic heterocycles. The van der Waals surface area contributed by atoms with Crippen LogP contribution in [0.1, 0.15) is 28.9 Å². The molecule has 3 aromatic rings. The van der Waals surface area contributed by atoms with Crippen LogP contribution in [0, 0.1) is 6.92 Å². The van der Waals surface area contributed by atoms with Crippen molar-refractivity contribution in [1.29, 1.82) is 0 Å². The van der Waals surface area contributed by atoms with Crippen LogP contribution in [-0.4, -0.2) is 68.9 Å². The summed E-state index contributed by atoms with van der Waals surface area (Å²) >= 11 is 3.60. The maximum absolute atomic E-state index is 13.2. The van der Waals surface area contributed by atoms with E-state index in [1.54, 1.807) is 6.20 Å². The Kier molecular flexibility index (Phi) is 5.61. The zero-order valence-corrected chi connectivity index (χ0v) is 18.8. The van der Waals surface area contributed by atoms with Crippen LogP contribution in [0.5, 0.6) is 0 Å². The molecule has 0 radical (unpaired) electrons. The maximum Gasteiger partial charge on any atom is 0.271 e. The van der Waals surface area contributed by atoms with Crippen molar-refractivity contribution in [2.75, 3.05) is 38.2 Å². The van der Waals surface area contributed by atoms with Crippen molar-refractivity contribution in [3.63, 3.8) is 0 Å². The second kappa shape index (κ2) is 8.19. The van der Waals surface area contributed by atoms with E-state index in [1.807, 2.05) is 17.9 Å². The topological polar surface area (TPSA) is 116 Å². The molecular formula is C20H25BrN8O. The van der Waals surface area contributed by atoms with Gasteiger partial charge in [-0.2, -0.15) is 0 Å². The van der Waals surface area contributed by atoms with Crippen molar-refractivity contribution in [3.05, 3.63) is 34.3 Å². The van der Waals surface area contributed by atoms with Crippen LogP contribution in [0.2, 0.25) is 0 Å². The molecule has 0 aliphatic carbocycles. The summed E-state index contributed by atoms with van der Waals surface area (Å²) in [6.07, 6.45) is 5.04. The van der Waals surface area contributed by atoms with Crippen molar-refractivity contribution in [2.24, 2.45) is 0 Å². The van der Waals surface area contributed by atoms with Gasteiger partial charge < -0.3 is 25.8 Å². The number of nitrogens with one attached hydrogen (secondary N) is 2. The highest BCUT2D eigenvalue weighted by atomic mass is 79.9. The van der Waals surface area contributed by atoms with Gasteiger partial charge in [-0.25, -0.2) is 15.0 Å². The van der Waals surface area contributed by atoms with Crippen molar-refractivity contribution in [2.45, 2.75) is 25.8 Å². The number of hydrogen-bond donors (Lipinski definition) is 3. The normalized spacial score (nSPS) is 15.2. The molecule has 4 heterocycles. The highest BCUT2D eigenvalue weighted by Gasteiger charge is 2.28. The lowest BCUT2D eigenvalue weighted by atomic mass is 10.0. The van der Waals surface area contributed by atoms with Crippen LogP contribution in [-0.2, 0) is 0 Å². The molecule has 1 aliphatic heterocycles. The molecule has 0 bridgehead atoms. The van der Waals surface area contributed by atoms with Crippen LogP contribution < -0.4 is 11.1 Å². The molecule has 0 atom stereocenters. The number of likely N-dealkylation sites (tertiary alicyclic amines) is 1. The molecule has 1 fully saturated rings. The zero-order valence-electron chi connectivity index (χ0n) is 17.2. The van der Waals surface area contributed by atoms with Gasteiger partial charge in [0.1, 0.15) is 29.3 Å². The monoisotopic (exact) mass is 472 g/mol. The number of aromatic amines is 1. The van der Waals surface area contributed by atoms with Crippen LogP contribution in [0.4, 0.5) is 17.3 Å². The van der Waals surface area contributed by atoms with Crippen molar-refractivity contribution >= 4 is 50.2 Å². The summed E-state index contributed by atoms with van der Waals surface area (Å²) < 4.78 is 0.653. The van der Waals surface area contributed by atoms with Crippen LogP contribution in [0.25, 0.3) is 11.0 Å². The third-order valence-corrected chi connectivity index (χ3v) is 6.40. The SMILES string of the molecule is Cc1cc(Nc2ncnc3[nH]c(C(=O)N4CCC(N(C)C)CC4)c(Br)c23)cnc1N. The third-order valence-electron chi connectivity index (χ3n) is 5.61. The molecule has 158 valence electrons. The number of pyridine rings is 1. The first-order chi connectivity index (χ1) is 14.3. The molecule has 0 saturated carbocycles. The Labute approximate surface area is 183 Å². The van der Waals surface area contributed by atoms with E-state index in [0.29, 0.717) is 33.5 Å². The molecule has 0 spiro atoms. The van der Waals surface area contributed by atoms with E-state index in [1.165, 1.54) is 6.33 Å². The molecule has 30 heavy (non-hydrogen) atoms. The summed E-state index contributed by atoms with van der Waals surface area (Å²) in [4.78, 5) is 33.3. The van der Waals surface area contributed by atoms with Gasteiger partial charge in [0.05, 0.1) is 21.7 Å². The van der Waals surface area contributed by atoms with E-state index in [9.17, 15) is 4.79 Å². The standard InChI is InChI=1S/C20H25BrN8O/c1-11-8-12(9-23-17(11)22)26-18-14-15(21)16(27-19(14)25-10-24-18)20(30)29-6-4-13(5-7-29)28(2)3/h8-10,13H,4-7H2,1-3H3,(H2,22,23)(H2,24,25,26,27). The van der Waals surface area contributed by atoms with Gasteiger partial charge in [0.2, 0.25) is 0 Å². The highest BCUT2D eigenvalue weighted by molar-refractivity contribution is 9.10. The quantitative estimate of drug-likeness (QED) is 0.534. The molecule has 4 N–H and O–H groups in total. The summed E-state index contributed by atoms with van der Waals surface area (Å²) in [5.41, 5.74) is 8.51. The van der Waals surface area contributed by atoms with Gasteiger partial charge in [0.15, 0.2) is 0 Å². The number of anilines is 3. The first kappa shape index (κ1) is 20.5. The lowest BCUT2D eigenvalue weighted by Crippen LogP contribution is -2.44. The van der Waals surface area contributed by atoms with Crippen molar-refractivity contribution < 1.29 is 4.79 Å². The summed E-state index contributed by atoms with van der Waals surface area (Å²) in [5.74, 6) is 1.04. The van der Waals surface area contributed by atoms with Crippen LogP contribution in [0.3, 0.4) is 0 Å². The number of fused-ring (bicyclic) bond motifs is 1. The van der Waals surface area contributed by atoms with E-state index in [0.717, 1.165) is 42.6 Å². The molecule has 1 saturated heterocycles. The average Bonchev–Trinajstić information content (AvgIpc) is 3.08. The lowest BCUT2D eigenvalue weighted by molar-refractivity contribution is 0.0657. The van der Waals surface area contributed by atoms with Gasteiger partial charge in [-0.15, -0.1) is 0 Å². The molecule has 9 nitrogen and oxygen atoms in total. The molecule has 4 rings (SSSR count). The fraction of sp³-hybridized carbons (Fsp3) is 0.400. The minimum absolute atomic E-state index is 0.0342. The minimum Gasteiger partial charge on any atom is -0.383 e. The molecule has 10 heteroatoms. The van der Waals surface area contributed by atoms with Gasteiger partial charge in [-0.05, 0) is 61.4 Å². The van der Waals surface area contributed by atoms with Gasteiger partial charge in [0.25, 0.3) is 5.91 Å². The summed E-state index contributed by atoms with van der Waals surface area (Å²) in [6.45, 7) is 3.36. The first-order valence-corrected chi connectivity index (χ1v) is 10.6. The Morgan fingerprint density at radius 1 is 1.30 bits per heavy atom. The highest BCUT2D eigenvalue weighted by Crippen LogP contribution is 2.34. The van der Waals surface area contributed by atoms with Crippen molar-refractivity contribution in [1.82, 2.24) is 29.7 Å². The fourth-order valence-electron chi connectivity index (χ4n) is 3.76. The lowest BCUT2D eigenvalue weighted by Gasteiger charge is -2.35. The second-order valence-corrected chi connectivity index (χ2v) is 8.59. The number of piperidine rings is 1. The molecule has 0 aromatic carbocycles. The van der Waals surface area contributed by atoms with Crippen LogP contribution in [0.15, 0.2) is 23.1 Å². The first-order valence-electron chi connectivity index (χ1n) is 9.82. The molecular weight excluding hydrogens is 448 g/mol. The Morgan fingerprint density at radius 2 is 2.03 bits per heavy atom. The Morgan fingerprint density at radius 3 is 2.70 bits per heavy atom. The smallest absolute Gasteiger partial charge is 0.271 e. The zero-order chi connectivity index (χ0) is 21.4. The van der Waals surface area contributed by atoms with E-state index < -0.39 is 0 Å². The van der Waals surface area contributed by atoms with Gasteiger partial charge in [-0.1, -0.05) is 0 Å². The van der Waals surface area contributed by atoms with E-state index in [-0.39, 0.29) is 5.91 Å². The number of carbonyl (C=O) groups excluding carboxylic acids is 1. The molecule has 1 aliphatic rings. The van der Waals surface area contributed by atoms with E-state index in [2.05, 4.69) is 60.2 Å². The molecule has 0 unspecified atom stereocenters. The number of nitrogens with zero attached hydrogens (tertiary/aromatic N) is 5. The number of rotatable bonds is 4. The van der Waals surface area contributed by atoms with Crippen molar-refractivity contribution in [3.8, 4) is 0 Å². The number of amides is 1. The summed E-state index contributed by atoms with van der Waals surface area (Å²) in [7, 11) is 4.17. The number of aryl methyl sites for hydroxylation is 1. The Hall–Kier alpha value is -2.72. The predicted molar refractivity (Wildman–Crippen MR) is 121 cm³/mol.